The molecular weight excluding hydrogens is 356 g/mol. The summed E-state index contributed by atoms with van der Waals surface area (Å²) in [7, 11) is 1.56. The summed E-state index contributed by atoms with van der Waals surface area (Å²) in [4.78, 5) is 12.6. The summed E-state index contributed by atoms with van der Waals surface area (Å²) in [5.74, 6) is -0.475. The molecule has 0 saturated heterocycles. The number of allylic oxidation sites excluding steroid dienone is 1. The van der Waals surface area contributed by atoms with E-state index in [1.165, 1.54) is 0 Å². The molecule has 142 valence electrons. The highest BCUT2D eigenvalue weighted by molar-refractivity contribution is 5.94. The summed E-state index contributed by atoms with van der Waals surface area (Å²) in [6, 6.07) is 18.5. The molecule has 2 aromatic rings. The summed E-state index contributed by atoms with van der Waals surface area (Å²) < 4.78 is 16.2. The SMILES string of the molecule is CCOC(=O)C1=C(N)OC(c2cccc(OC)c2)=C(C#N)[C@@H]1c1ccccc1. The van der Waals surface area contributed by atoms with Crippen molar-refractivity contribution < 1.29 is 19.0 Å². The van der Waals surface area contributed by atoms with Crippen LogP contribution < -0.4 is 10.5 Å². The lowest BCUT2D eigenvalue weighted by Gasteiger charge is -2.28. The van der Waals surface area contributed by atoms with Gasteiger partial charge in [-0.2, -0.15) is 5.26 Å². The molecule has 1 heterocycles. The number of carbonyl (C=O) groups is 1. The molecule has 6 heteroatoms. The third-order valence-corrected chi connectivity index (χ3v) is 4.38. The van der Waals surface area contributed by atoms with Gasteiger partial charge in [0.25, 0.3) is 0 Å². The number of methoxy groups -OCH3 is 1. The topological polar surface area (TPSA) is 94.6 Å². The first-order valence-corrected chi connectivity index (χ1v) is 8.79. The quantitative estimate of drug-likeness (QED) is 0.803. The molecule has 28 heavy (non-hydrogen) atoms. The van der Waals surface area contributed by atoms with E-state index < -0.39 is 11.9 Å². The Morgan fingerprint density at radius 2 is 1.96 bits per heavy atom. The molecule has 6 nitrogen and oxygen atoms in total. The first-order chi connectivity index (χ1) is 13.6. The molecule has 3 rings (SSSR count). The minimum Gasteiger partial charge on any atom is -0.497 e. The summed E-state index contributed by atoms with van der Waals surface area (Å²) in [6.07, 6.45) is 0. The van der Waals surface area contributed by atoms with E-state index in [0.717, 1.165) is 5.56 Å². The zero-order chi connectivity index (χ0) is 20.1. The van der Waals surface area contributed by atoms with Crippen LogP contribution in [-0.2, 0) is 14.3 Å². The summed E-state index contributed by atoms with van der Waals surface area (Å²) in [5.41, 5.74) is 7.90. The van der Waals surface area contributed by atoms with Crippen molar-refractivity contribution in [2.45, 2.75) is 12.8 Å². The second-order valence-electron chi connectivity index (χ2n) is 6.03. The Hall–Kier alpha value is -3.72. The monoisotopic (exact) mass is 376 g/mol. The van der Waals surface area contributed by atoms with E-state index >= 15 is 0 Å². The second kappa shape index (κ2) is 8.31. The van der Waals surface area contributed by atoms with Crippen molar-refractivity contribution in [1.29, 1.82) is 5.26 Å². The number of carbonyl (C=O) groups excluding carboxylic acids is 1. The van der Waals surface area contributed by atoms with Crippen LogP contribution in [-0.4, -0.2) is 19.7 Å². The zero-order valence-corrected chi connectivity index (χ0v) is 15.6. The van der Waals surface area contributed by atoms with Crippen LogP contribution in [0.3, 0.4) is 0 Å². The minimum absolute atomic E-state index is 0.0795. The van der Waals surface area contributed by atoms with E-state index in [9.17, 15) is 10.1 Å². The maximum Gasteiger partial charge on any atom is 0.340 e. The van der Waals surface area contributed by atoms with Gasteiger partial charge in [-0.15, -0.1) is 0 Å². The van der Waals surface area contributed by atoms with Crippen LogP contribution in [0.4, 0.5) is 0 Å². The summed E-state index contributed by atoms with van der Waals surface area (Å²) in [6.45, 7) is 1.89. The third kappa shape index (κ3) is 3.55. The van der Waals surface area contributed by atoms with E-state index in [2.05, 4.69) is 6.07 Å². The third-order valence-electron chi connectivity index (χ3n) is 4.38. The van der Waals surface area contributed by atoms with Crippen molar-refractivity contribution in [3.05, 3.63) is 82.8 Å². The van der Waals surface area contributed by atoms with Crippen LogP contribution in [0.2, 0.25) is 0 Å². The van der Waals surface area contributed by atoms with Gasteiger partial charge in [0.1, 0.15) is 11.3 Å². The molecule has 0 fully saturated rings. The molecule has 2 N–H and O–H groups in total. The molecule has 0 spiro atoms. The van der Waals surface area contributed by atoms with Crippen LogP contribution in [0, 0.1) is 11.3 Å². The standard InChI is InChI=1S/C22H20N2O4/c1-3-27-22(25)19-18(14-8-5-4-6-9-14)17(13-23)20(28-21(19)24)15-10-7-11-16(12-15)26-2/h4-12,18H,3,24H2,1-2H3/t18-/m0/s1. The molecule has 2 aromatic carbocycles. The van der Waals surface area contributed by atoms with Crippen molar-refractivity contribution in [2.24, 2.45) is 5.73 Å². The van der Waals surface area contributed by atoms with Crippen LogP contribution in [0.1, 0.15) is 24.0 Å². The molecule has 1 aliphatic rings. The van der Waals surface area contributed by atoms with Gasteiger partial charge in [-0.3, -0.25) is 0 Å². The largest absolute Gasteiger partial charge is 0.497 e. The Kier molecular flexibility index (Phi) is 5.66. The van der Waals surface area contributed by atoms with Gasteiger partial charge in [-0.1, -0.05) is 42.5 Å². The van der Waals surface area contributed by atoms with E-state index in [0.29, 0.717) is 17.1 Å². The first-order valence-electron chi connectivity index (χ1n) is 8.79. The van der Waals surface area contributed by atoms with Crippen molar-refractivity contribution in [3.63, 3.8) is 0 Å². The summed E-state index contributed by atoms with van der Waals surface area (Å²) in [5, 5.41) is 9.96. The first kappa shape index (κ1) is 19.1. The van der Waals surface area contributed by atoms with Gasteiger partial charge >= 0.3 is 5.97 Å². The van der Waals surface area contributed by atoms with Crippen LogP contribution >= 0.6 is 0 Å². The fourth-order valence-electron chi connectivity index (χ4n) is 3.14. The number of benzene rings is 2. The lowest BCUT2D eigenvalue weighted by Crippen LogP contribution is -2.26. The number of esters is 1. The lowest BCUT2D eigenvalue weighted by atomic mass is 9.82. The van der Waals surface area contributed by atoms with Crippen molar-refractivity contribution in [3.8, 4) is 11.8 Å². The molecule has 1 aliphatic heterocycles. The van der Waals surface area contributed by atoms with Crippen molar-refractivity contribution in [2.75, 3.05) is 13.7 Å². The maximum atomic E-state index is 12.6. The number of rotatable bonds is 5. The number of nitriles is 1. The van der Waals surface area contributed by atoms with E-state index in [4.69, 9.17) is 19.9 Å². The lowest BCUT2D eigenvalue weighted by molar-refractivity contribution is -0.139. The minimum atomic E-state index is -0.694. The number of ether oxygens (including phenoxy) is 3. The number of nitrogens with two attached hydrogens (primary N) is 1. The fourth-order valence-corrected chi connectivity index (χ4v) is 3.14. The molecule has 0 aliphatic carbocycles. The smallest absolute Gasteiger partial charge is 0.340 e. The zero-order valence-electron chi connectivity index (χ0n) is 15.6. The van der Waals surface area contributed by atoms with E-state index in [-0.39, 0.29) is 23.6 Å². The Morgan fingerprint density at radius 3 is 2.61 bits per heavy atom. The average molecular weight is 376 g/mol. The van der Waals surface area contributed by atoms with Crippen molar-refractivity contribution in [1.82, 2.24) is 0 Å². The molecular formula is C22H20N2O4. The Bertz CT molecular complexity index is 987. The Balaban J connectivity index is 2.21. The second-order valence-corrected chi connectivity index (χ2v) is 6.03. The summed E-state index contributed by atoms with van der Waals surface area (Å²) >= 11 is 0. The highest BCUT2D eigenvalue weighted by atomic mass is 16.5. The van der Waals surface area contributed by atoms with Gasteiger partial charge in [0.2, 0.25) is 5.88 Å². The predicted octanol–water partition coefficient (Wildman–Crippen LogP) is 3.48. The van der Waals surface area contributed by atoms with Gasteiger partial charge in [-0.05, 0) is 24.6 Å². The van der Waals surface area contributed by atoms with Gasteiger partial charge in [0.15, 0.2) is 5.76 Å². The van der Waals surface area contributed by atoms with Gasteiger partial charge in [0, 0.05) is 5.56 Å². The fraction of sp³-hybridized carbons (Fsp3) is 0.182. The number of hydrogen-bond donors (Lipinski definition) is 1. The van der Waals surface area contributed by atoms with Crippen molar-refractivity contribution >= 4 is 11.7 Å². The maximum absolute atomic E-state index is 12.6. The Morgan fingerprint density at radius 1 is 1.21 bits per heavy atom. The highest BCUT2D eigenvalue weighted by Crippen LogP contribution is 2.42. The Labute approximate surface area is 163 Å². The molecule has 0 saturated carbocycles. The van der Waals surface area contributed by atoms with Crippen LogP contribution in [0.15, 0.2) is 71.6 Å². The van der Waals surface area contributed by atoms with Gasteiger partial charge in [-0.25, -0.2) is 4.79 Å². The molecule has 1 atom stereocenters. The predicted molar refractivity (Wildman–Crippen MR) is 104 cm³/mol. The average Bonchev–Trinajstić information content (AvgIpc) is 2.73. The van der Waals surface area contributed by atoms with E-state index in [1.54, 1.807) is 38.3 Å². The molecule has 0 radical (unpaired) electrons. The van der Waals surface area contributed by atoms with Crippen LogP contribution in [0.25, 0.3) is 5.76 Å². The van der Waals surface area contributed by atoms with Gasteiger partial charge in [0.05, 0.1) is 31.3 Å². The highest BCUT2D eigenvalue weighted by Gasteiger charge is 2.38. The molecule has 0 aromatic heterocycles. The molecule has 0 amide bonds. The normalized spacial score (nSPS) is 16.2. The molecule has 0 unspecified atom stereocenters. The number of hydrogen-bond acceptors (Lipinski definition) is 6. The van der Waals surface area contributed by atoms with Crippen LogP contribution in [0.5, 0.6) is 5.75 Å². The molecule has 0 bridgehead atoms. The van der Waals surface area contributed by atoms with Gasteiger partial charge < -0.3 is 19.9 Å². The van der Waals surface area contributed by atoms with E-state index in [1.807, 2.05) is 30.3 Å². The number of nitrogens with zero attached hydrogens (tertiary/aromatic N) is 1.